The highest BCUT2D eigenvalue weighted by Crippen LogP contribution is 2.19. The number of aromatic amines is 1. The molecule has 0 bridgehead atoms. The van der Waals surface area contributed by atoms with E-state index in [1.807, 2.05) is 6.92 Å². The highest BCUT2D eigenvalue weighted by Gasteiger charge is 2.16. The summed E-state index contributed by atoms with van der Waals surface area (Å²) in [6, 6.07) is 6.78. The van der Waals surface area contributed by atoms with E-state index in [4.69, 9.17) is 0 Å². The summed E-state index contributed by atoms with van der Waals surface area (Å²) < 4.78 is 0. The van der Waals surface area contributed by atoms with Gasteiger partial charge < -0.3 is 10.3 Å². The van der Waals surface area contributed by atoms with Crippen molar-refractivity contribution in [1.82, 2.24) is 10.3 Å². The Hall–Kier alpha value is -1.61. The van der Waals surface area contributed by atoms with Crippen molar-refractivity contribution in [2.24, 2.45) is 0 Å². The van der Waals surface area contributed by atoms with Crippen LogP contribution in [0.5, 0.6) is 0 Å². The molecule has 0 aliphatic carbocycles. The minimum Gasteiger partial charge on any atom is -0.321 e. The Balaban J connectivity index is 2.05. The van der Waals surface area contributed by atoms with E-state index in [9.17, 15) is 4.79 Å². The minimum absolute atomic E-state index is 0.0631. The van der Waals surface area contributed by atoms with Gasteiger partial charge in [-0.25, -0.2) is 0 Å². The molecule has 2 heterocycles. The van der Waals surface area contributed by atoms with Crippen molar-refractivity contribution in [2.75, 3.05) is 6.54 Å². The molecule has 3 rings (SSSR count). The molecule has 2 N–H and O–H groups in total. The van der Waals surface area contributed by atoms with Gasteiger partial charge in [0.2, 0.25) is 0 Å². The minimum atomic E-state index is 0.0631. The second kappa shape index (κ2) is 4.82. The van der Waals surface area contributed by atoms with Crippen molar-refractivity contribution in [1.29, 1.82) is 0 Å². The molecule has 0 saturated carbocycles. The molecule has 1 unspecified atom stereocenters. The third-order valence-corrected chi connectivity index (χ3v) is 4.00. The van der Waals surface area contributed by atoms with E-state index in [1.165, 1.54) is 18.4 Å². The lowest BCUT2D eigenvalue weighted by atomic mass is 10.0. The van der Waals surface area contributed by atoms with Crippen LogP contribution >= 0.6 is 0 Å². The summed E-state index contributed by atoms with van der Waals surface area (Å²) in [7, 11) is 0. The van der Waals surface area contributed by atoms with Gasteiger partial charge in [0.1, 0.15) is 0 Å². The van der Waals surface area contributed by atoms with Gasteiger partial charge in [-0.2, -0.15) is 0 Å². The SMILES string of the molecule is Cc1cc(C)c2[nH]c(=O)c(CC3CCCN3)cc2c1. The molecular weight excluding hydrogens is 236 g/mol. The largest absolute Gasteiger partial charge is 0.321 e. The number of hydrogen-bond acceptors (Lipinski definition) is 2. The van der Waals surface area contributed by atoms with E-state index < -0.39 is 0 Å². The fourth-order valence-electron chi connectivity index (χ4n) is 3.08. The van der Waals surface area contributed by atoms with Gasteiger partial charge in [-0.15, -0.1) is 0 Å². The number of aromatic nitrogens is 1. The zero-order valence-electron chi connectivity index (χ0n) is 11.5. The van der Waals surface area contributed by atoms with E-state index in [0.717, 1.165) is 35.0 Å². The third-order valence-electron chi connectivity index (χ3n) is 4.00. The number of aryl methyl sites for hydroxylation is 2. The van der Waals surface area contributed by atoms with Crippen molar-refractivity contribution >= 4 is 10.9 Å². The summed E-state index contributed by atoms with van der Waals surface area (Å²) in [6.07, 6.45) is 3.22. The van der Waals surface area contributed by atoms with Crippen molar-refractivity contribution in [3.05, 3.63) is 45.2 Å². The fraction of sp³-hybridized carbons (Fsp3) is 0.438. The molecule has 2 aromatic rings. The number of rotatable bonds is 2. The Morgan fingerprint density at radius 3 is 2.84 bits per heavy atom. The van der Waals surface area contributed by atoms with E-state index >= 15 is 0 Å². The predicted molar refractivity (Wildman–Crippen MR) is 78.8 cm³/mol. The summed E-state index contributed by atoms with van der Waals surface area (Å²) >= 11 is 0. The van der Waals surface area contributed by atoms with Crippen molar-refractivity contribution < 1.29 is 0 Å². The summed E-state index contributed by atoms with van der Waals surface area (Å²) in [5, 5.41) is 4.59. The zero-order chi connectivity index (χ0) is 13.4. The number of nitrogens with one attached hydrogen (secondary N) is 2. The zero-order valence-corrected chi connectivity index (χ0v) is 11.5. The van der Waals surface area contributed by atoms with Gasteiger partial charge in [-0.05, 0) is 62.7 Å². The molecule has 3 nitrogen and oxygen atoms in total. The van der Waals surface area contributed by atoms with Crippen LogP contribution in [0, 0.1) is 13.8 Å². The maximum atomic E-state index is 12.2. The number of benzene rings is 1. The first-order valence-corrected chi connectivity index (χ1v) is 7.00. The first-order valence-electron chi connectivity index (χ1n) is 7.00. The van der Waals surface area contributed by atoms with Crippen molar-refractivity contribution in [3.8, 4) is 0 Å². The number of H-pyrrole nitrogens is 1. The Morgan fingerprint density at radius 2 is 2.11 bits per heavy atom. The van der Waals surface area contributed by atoms with Gasteiger partial charge in [-0.1, -0.05) is 11.6 Å². The highest BCUT2D eigenvalue weighted by molar-refractivity contribution is 5.82. The molecule has 100 valence electrons. The number of hydrogen-bond donors (Lipinski definition) is 2. The summed E-state index contributed by atoms with van der Waals surface area (Å²) in [5.41, 5.74) is 4.31. The number of fused-ring (bicyclic) bond motifs is 1. The van der Waals surface area contributed by atoms with Crippen LogP contribution in [-0.4, -0.2) is 17.6 Å². The van der Waals surface area contributed by atoms with Gasteiger partial charge in [0.05, 0.1) is 5.52 Å². The normalized spacial score (nSPS) is 19.2. The Morgan fingerprint density at radius 1 is 1.26 bits per heavy atom. The van der Waals surface area contributed by atoms with Crippen LogP contribution in [0.1, 0.15) is 29.5 Å². The average molecular weight is 256 g/mol. The van der Waals surface area contributed by atoms with E-state index in [2.05, 4.69) is 35.4 Å². The molecule has 1 aromatic heterocycles. The molecule has 0 amide bonds. The molecule has 1 saturated heterocycles. The Bertz CT molecular complexity index is 666. The first kappa shape index (κ1) is 12.4. The lowest BCUT2D eigenvalue weighted by Crippen LogP contribution is -2.27. The smallest absolute Gasteiger partial charge is 0.251 e. The lowest BCUT2D eigenvalue weighted by molar-refractivity contribution is 0.600. The maximum Gasteiger partial charge on any atom is 0.251 e. The lowest BCUT2D eigenvalue weighted by Gasteiger charge is -2.11. The molecule has 1 aliphatic rings. The van der Waals surface area contributed by atoms with Gasteiger partial charge >= 0.3 is 0 Å². The van der Waals surface area contributed by atoms with Crippen LogP contribution in [0.4, 0.5) is 0 Å². The highest BCUT2D eigenvalue weighted by atomic mass is 16.1. The van der Waals surface area contributed by atoms with Crippen LogP contribution in [0.15, 0.2) is 23.0 Å². The molecular formula is C16H20N2O. The van der Waals surface area contributed by atoms with Crippen LogP contribution in [0.25, 0.3) is 10.9 Å². The number of pyridine rings is 1. The average Bonchev–Trinajstić information content (AvgIpc) is 2.84. The Kier molecular flexibility index (Phi) is 3.15. The van der Waals surface area contributed by atoms with E-state index in [1.54, 1.807) is 0 Å². The van der Waals surface area contributed by atoms with Gasteiger partial charge in [0, 0.05) is 11.6 Å². The van der Waals surface area contributed by atoms with Gasteiger partial charge in [0.15, 0.2) is 0 Å². The molecule has 1 aliphatic heterocycles. The van der Waals surface area contributed by atoms with Crippen LogP contribution in [0.3, 0.4) is 0 Å². The second-order valence-electron chi connectivity index (χ2n) is 5.67. The molecule has 1 fully saturated rings. The van der Waals surface area contributed by atoms with Crippen molar-refractivity contribution in [3.63, 3.8) is 0 Å². The molecule has 3 heteroatoms. The standard InChI is InChI=1S/C16H20N2O/c1-10-6-11(2)15-12(7-10)8-13(16(19)18-15)9-14-4-3-5-17-14/h6-8,14,17H,3-5,9H2,1-2H3,(H,18,19). The molecule has 0 spiro atoms. The monoisotopic (exact) mass is 256 g/mol. The summed E-state index contributed by atoms with van der Waals surface area (Å²) in [6.45, 7) is 5.22. The van der Waals surface area contributed by atoms with Gasteiger partial charge in [0.25, 0.3) is 5.56 Å². The topological polar surface area (TPSA) is 44.9 Å². The molecule has 0 radical (unpaired) electrons. The van der Waals surface area contributed by atoms with Crippen LogP contribution < -0.4 is 10.9 Å². The van der Waals surface area contributed by atoms with Crippen LogP contribution in [0.2, 0.25) is 0 Å². The van der Waals surface area contributed by atoms with E-state index in [0.29, 0.717) is 6.04 Å². The second-order valence-corrected chi connectivity index (χ2v) is 5.67. The quantitative estimate of drug-likeness (QED) is 0.867. The fourth-order valence-corrected chi connectivity index (χ4v) is 3.08. The first-order chi connectivity index (χ1) is 9.13. The summed E-state index contributed by atoms with van der Waals surface area (Å²) in [5.74, 6) is 0. The van der Waals surface area contributed by atoms with Gasteiger partial charge in [-0.3, -0.25) is 4.79 Å². The van der Waals surface area contributed by atoms with E-state index in [-0.39, 0.29) is 5.56 Å². The molecule has 1 aromatic carbocycles. The van der Waals surface area contributed by atoms with Crippen LogP contribution in [-0.2, 0) is 6.42 Å². The Labute approximate surface area is 113 Å². The third kappa shape index (κ3) is 2.43. The maximum absolute atomic E-state index is 12.2. The molecule has 1 atom stereocenters. The predicted octanol–water partition coefficient (Wildman–Crippen LogP) is 2.44. The summed E-state index contributed by atoms with van der Waals surface area (Å²) in [4.78, 5) is 15.2. The molecule has 19 heavy (non-hydrogen) atoms. The van der Waals surface area contributed by atoms with Crippen molar-refractivity contribution in [2.45, 2.75) is 39.2 Å².